The maximum Gasteiger partial charge on any atom is 0.151 e. The van der Waals surface area contributed by atoms with Gasteiger partial charge >= 0.3 is 0 Å². The highest BCUT2D eigenvalue weighted by Crippen LogP contribution is 1.92. The van der Waals surface area contributed by atoms with Crippen LogP contribution in [-0.2, 0) is 14.3 Å². The van der Waals surface area contributed by atoms with E-state index in [-0.39, 0.29) is 12.9 Å². The molecule has 0 saturated heterocycles. The van der Waals surface area contributed by atoms with Gasteiger partial charge in [0.1, 0.15) is 12.2 Å². The van der Waals surface area contributed by atoms with Gasteiger partial charge in [-0.2, -0.15) is 0 Å². The predicted octanol–water partition coefficient (Wildman–Crippen LogP) is -1.65. The Bertz CT molecular complexity index is 139. The Labute approximate surface area is 70.7 Å². The molecule has 0 heterocycles. The lowest BCUT2D eigenvalue weighted by Crippen LogP contribution is -2.33. The van der Waals surface area contributed by atoms with Crippen molar-refractivity contribution in [3.8, 4) is 0 Å². The molecule has 70 valence electrons. The van der Waals surface area contributed by atoms with Gasteiger partial charge in [-0.1, -0.05) is 0 Å². The zero-order valence-electron chi connectivity index (χ0n) is 6.90. The van der Waals surface area contributed by atoms with Crippen LogP contribution in [0.3, 0.4) is 0 Å². The lowest BCUT2D eigenvalue weighted by molar-refractivity contribution is -0.134. The van der Waals surface area contributed by atoms with Gasteiger partial charge in [0.2, 0.25) is 0 Å². The first kappa shape index (κ1) is 11.2. The van der Waals surface area contributed by atoms with E-state index < -0.39 is 12.2 Å². The molecule has 0 amide bonds. The number of hydrogen-bond acceptors (Lipinski definition) is 5. The summed E-state index contributed by atoms with van der Waals surface area (Å²) < 4.78 is 4.87. The van der Waals surface area contributed by atoms with Gasteiger partial charge in [0.25, 0.3) is 0 Å². The van der Waals surface area contributed by atoms with Gasteiger partial charge in [-0.15, -0.1) is 0 Å². The molecule has 0 radical (unpaired) electrons. The maximum absolute atomic E-state index is 10.2. The van der Waals surface area contributed by atoms with E-state index in [9.17, 15) is 9.59 Å². The van der Waals surface area contributed by atoms with E-state index in [4.69, 9.17) is 9.84 Å². The largest absolute Gasteiger partial charge is 0.382 e. The quantitative estimate of drug-likeness (QED) is 0.358. The molecular formula is C7H13NO4. The highest BCUT2D eigenvalue weighted by atomic mass is 16.5. The summed E-state index contributed by atoms with van der Waals surface area (Å²) in [6.45, 7) is 0.848. The second-order valence-electron chi connectivity index (χ2n) is 2.20. The fourth-order valence-electron chi connectivity index (χ4n) is 0.593. The molecule has 1 unspecified atom stereocenters. The average molecular weight is 175 g/mol. The first-order valence-electron chi connectivity index (χ1n) is 3.61. The molecular weight excluding hydrogens is 162 g/mol. The fourth-order valence-corrected chi connectivity index (χ4v) is 0.593. The SMILES string of the molecule is CNCCO[C@@H](C=O)C(O)C=O. The standard InChI is InChI=1S/C7H13NO4/c1-8-2-3-12-7(5-10)6(11)4-9/h4-8,11H,2-3H2,1H3/t6?,7-/m0/s1. The topological polar surface area (TPSA) is 75.6 Å². The van der Waals surface area contributed by atoms with Crippen LogP contribution in [0.2, 0.25) is 0 Å². The number of carbonyl (C=O) groups is 2. The Balaban J connectivity index is 3.66. The molecule has 0 aliphatic rings. The highest BCUT2D eigenvalue weighted by Gasteiger charge is 2.17. The lowest BCUT2D eigenvalue weighted by Gasteiger charge is -2.12. The van der Waals surface area contributed by atoms with E-state index in [2.05, 4.69) is 5.32 Å². The molecule has 0 fully saturated rings. The Morgan fingerprint density at radius 2 is 2.17 bits per heavy atom. The van der Waals surface area contributed by atoms with E-state index in [0.29, 0.717) is 12.8 Å². The Hall–Kier alpha value is -0.780. The Kier molecular flexibility index (Phi) is 6.45. The highest BCUT2D eigenvalue weighted by molar-refractivity contribution is 5.68. The van der Waals surface area contributed by atoms with Crippen molar-refractivity contribution in [2.24, 2.45) is 0 Å². The van der Waals surface area contributed by atoms with Crippen LogP contribution in [-0.4, -0.2) is 50.1 Å². The molecule has 12 heavy (non-hydrogen) atoms. The second kappa shape index (κ2) is 6.90. The van der Waals surface area contributed by atoms with Crippen LogP contribution in [0.1, 0.15) is 0 Å². The predicted molar refractivity (Wildman–Crippen MR) is 41.8 cm³/mol. The van der Waals surface area contributed by atoms with Gasteiger partial charge in [0.15, 0.2) is 12.6 Å². The van der Waals surface area contributed by atoms with Gasteiger partial charge in [-0.05, 0) is 7.05 Å². The number of rotatable bonds is 7. The minimum Gasteiger partial charge on any atom is -0.382 e. The first-order valence-corrected chi connectivity index (χ1v) is 3.61. The minimum absolute atomic E-state index is 0.276. The number of aliphatic hydroxyl groups is 1. The lowest BCUT2D eigenvalue weighted by atomic mass is 10.2. The maximum atomic E-state index is 10.2. The van der Waals surface area contributed by atoms with Gasteiger partial charge in [0, 0.05) is 6.54 Å². The summed E-state index contributed by atoms with van der Waals surface area (Å²) in [7, 11) is 1.73. The number of likely N-dealkylation sites (N-methyl/N-ethyl adjacent to an activating group) is 1. The third kappa shape index (κ3) is 4.17. The number of aldehydes is 2. The van der Waals surface area contributed by atoms with E-state index in [1.165, 1.54) is 0 Å². The minimum atomic E-state index is -1.36. The third-order valence-corrected chi connectivity index (χ3v) is 1.27. The van der Waals surface area contributed by atoms with E-state index in [1.807, 2.05) is 0 Å². The first-order chi connectivity index (χ1) is 5.76. The van der Waals surface area contributed by atoms with Crippen molar-refractivity contribution >= 4 is 12.6 Å². The second-order valence-corrected chi connectivity index (χ2v) is 2.20. The van der Waals surface area contributed by atoms with Crippen LogP contribution in [0.25, 0.3) is 0 Å². The normalized spacial score (nSPS) is 15.2. The van der Waals surface area contributed by atoms with Crippen LogP contribution >= 0.6 is 0 Å². The summed E-state index contributed by atoms with van der Waals surface area (Å²) in [5, 5.41) is 11.7. The van der Waals surface area contributed by atoms with Crippen molar-refractivity contribution in [3.63, 3.8) is 0 Å². The summed E-state index contributed by atoms with van der Waals surface area (Å²) in [6, 6.07) is 0. The van der Waals surface area contributed by atoms with Crippen molar-refractivity contribution in [1.29, 1.82) is 0 Å². The van der Waals surface area contributed by atoms with Crippen LogP contribution in [0.15, 0.2) is 0 Å². The molecule has 0 aliphatic heterocycles. The monoisotopic (exact) mass is 175 g/mol. The number of nitrogens with one attached hydrogen (secondary N) is 1. The van der Waals surface area contributed by atoms with Crippen LogP contribution < -0.4 is 5.32 Å². The number of aliphatic hydroxyl groups excluding tert-OH is 1. The zero-order valence-corrected chi connectivity index (χ0v) is 6.90. The van der Waals surface area contributed by atoms with Crippen molar-refractivity contribution in [2.45, 2.75) is 12.2 Å². The molecule has 2 atom stereocenters. The average Bonchev–Trinajstić information content (AvgIpc) is 2.11. The van der Waals surface area contributed by atoms with Gasteiger partial charge < -0.3 is 24.7 Å². The van der Waals surface area contributed by atoms with Crippen LogP contribution in [0.4, 0.5) is 0 Å². The van der Waals surface area contributed by atoms with Crippen molar-refractivity contribution in [3.05, 3.63) is 0 Å². The molecule has 0 aromatic rings. The van der Waals surface area contributed by atoms with Crippen molar-refractivity contribution in [2.75, 3.05) is 20.2 Å². The van der Waals surface area contributed by atoms with Crippen molar-refractivity contribution < 1.29 is 19.4 Å². The molecule has 5 nitrogen and oxygen atoms in total. The zero-order chi connectivity index (χ0) is 9.40. The molecule has 2 N–H and O–H groups in total. The van der Waals surface area contributed by atoms with E-state index in [1.54, 1.807) is 7.05 Å². The van der Waals surface area contributed by atoms with Crippen molar-refractivity contribution in [1.82, 2.24) is 5.32 Å². The molecule has 0 saturated carbocycles. The summed E-state index contributed by atoms with van der Waals surface area (Å²) >= 11 is 0. The van der Waals surface area contributed by atoms with Gasteiger partial charge in [-0.3, -0.25) is 0 Å². The summed E-state index contributed by atoms with van der Waals surface area (Å²) in [4.78, 5) is 20.3. The molecule has 0 rings (SSSR count). The molecule has 5 heteroatoms. The molecule has 0 aromatic heterocycles. The summed E-state index contributed by atoms with van der Waals surface area (Å²) in [6.07, 6.45) is -1.72. The van der Waals surface area contributed by atoms with Gasteiger partial charge in [0.05, 0.1) is 6.61 Å². The Morgan fingerprint density at radius 3 is 2.58 bits per heavy atom. The van der Waals surface area contributed by atoms with Crippen LogP contribution in [0, 0.1) is 0 Å². The molecule has 0 bridgehead atoms. The van der Waals surface area contributed by atoms with E-state index >= 15 is 0 Å². The van der Waals surface area contributed by atoms with Gasteiger partial charge in [-0.25, -0.2) is 0 Å². The fraction of sp³-hybridized carbons (Fsp3) is 0.714. The van der Waals surface area contributed by atoms with Crippen LogP contribution in [0.5, 0.6) is 0 Å². The number of hydrogen-bond donors (Lipinski definition) is 2. The number of carbonyl (C=O) groups excluding carboxylic acids is 2. The third-order valence-electron chi connectivity index (χ3n) is 1.27. The van der Waals surface area contributed by atoms with E-state index in [0.717, 1.165) is 0 Å². The molecule has 0 aromatic carbocycles. The molecule has 0 aliphatic carbocycles. The smallest absolute Gasteiger partial charge is 0.151 e. The summed E-state index contributed by atoms with van der Waals surface area (Å²) in [5.74, 6) is 0. The Morgan fingerprint density at radius 1 is 1.50 bits per heavy atom. The summed E-state index contributed by atoms with van der Waals surface area (Å²) in [5.41, 5.74) is 0. The number of ether oxygens (including phenoxy) is 1. The molecule has 0 spiro atoms.